The highest BCUT2D eigenvalue weighted by atomic mass is 35.5. The first-order valence-electron chi connectivity index (χ1n) is 4.23. The minimum Gasteiger partial charge on any atom is -0.300 e. The van der Waals surface area contributed by atoms with Crippen LogP contribution in [-0.2, 0) is 0 Å². The number of hydrogen-bond donors (Lipinski definition) is 1. The molecule has 0 heterocycles. The van der Waals surface area contributed by atoms with Gasteiger partial charge in [0.25, 0.3) is 0 Å². The van der Waals surface area contributed by atoms with Gasteiger partial charge in [0.05, 0.1) is 6.04 Å². The van der Waals surface area contributed by atoms with Gasteiger partial charge in [0.15, 0.2) is 0 Å². The molecule has 0 fully saturated rings. The van der Waals surface area contributed by atoms with E-state index in [9.17, 15) is 0 Å². The van der Waals surface area contributed by atoms with E-state index in [4.69, 9.17) is 18.0 Å². The molecule has 1 aromatic carbocycles. The van der Waals surface area contributed by atoms with Crippen molar-refractivity contribution in [3.63, 3.8) is 0 Å². The topological polar surface area (TPSA) is 12.0 Å². The smallest absolute Gasteiger partial charge is 0.0943 e. The second kappa shape index (κ2) is 4.91. The third-order valence-electron chi connectivity index (χ3n) is 1.76. The number of halogens is 1. The van der Waals surface area contributed by atoms with Crippen molar-refractivity contribution >= 4 is 11.6 Å². The van der Waals surface area contributed by atoms with Crippen LogP contribution in [0.15, 0.2) is 24.3 Å². The Balaban J connectivity index is 2.86. The zero-order chi connectivity index (χ0) is 9.68. The first-order valence-corrected chi connectivity index (χ1v) is 4.60. The maximum atomic E-state index is 5.85. The monoisotopic (exact) mass is 193 g/mol. The van der Waals surface area contributed by atoms with Crippen LogP contribution in [0.1, 0.15) is 18.5 Å². The fourth-order valence-electron chi connectivity index (χ4n) is 1.16. The van der Waals surface area contributed by atoms with E-state index in [-0.39, 0.29) is 6.04 Å². The van der Waals surface area contributed by atoms with Gasteiger partial charge in [0.2, 0.25) is 0 Å². The quantitative estimate of drug-likeness (QED) is 0.728. The van der Waals surface area contributed by atoms with Crippen LogP contribution in [0, 0.1) is 12.3 Å². The summed E-state index contributed by atoms with van der Waals surface area (Å²) in [7, 11) is 0. The summed E-state index contributed by atoms with van der Waals surface area (Å²) in [5.74, 6) is 2.68. The minimum absolute atomic E-state index is 0.0382. The highest BCUT2D eigenvalue weighted by Crippen LogP contribution is 2.16. The number of terminal acetylenes is 1. The molecule has 1 nitrogen and oxygen atoms in total. The van der Waals surface area contributed by atoms with Gasteiger partial charge < -0.3 is 5.32 Å². The summed E-state index contributed by atoms with van der Waals surface area (Å²) in [6, 6.07) is 7.56. The third kappa shape index (κ3) is 2.77. The van der Waals surface area contributed by atoms with E-state index in [1.54, 1.807) is 0 Å². The molecular formula is C11H12ClN. The van der Waals surface area contributed by atoms with Gasteiger partial charge in [-0.2, -0.15) is 0 Å². The highest BCUT2D eigenvalue weighted by Gasteiger charge is 2.05. The minimum atomic E-state index is -0.0382. The Morgan fingerprint density at radius 1 is 1.62 bits per heavy atom. The first kappa shape index (κ1) is 10.1. The summed E-state index contributed by atoms with van der Waals surface area (Å²) in [5.41, 5.74) is 1.04. The van der Waals surface area contributed by atoms with Crippen molar-refractivity contribution in [3.05, 3.63) is 34.9 Å². The highest BCUT2D eigenvalue weighted by molar-refractivity contribution is 6.30. The van der Waals surface area contributed by atoms with Crippen LogP contribution in [0.25, 0.3) is 0 Å². The molecule has 0 aliphatic rings. The normalized spacial score (nSPS) is 12.1. The molecule has 0 radical (unpaired) electrons. The first-order chi connectivity index (χ1) is 6.27. The average Bonchev–Trinajstić information content (AvgIpc) is 2.14. The maximum Gasteiger partial charge on any atom is 0.0943 e. The van der Waals surface area contributed by atoms with Gasteiger partial charge >= 0.3 is 0 Å². The van der Waals surface area contributed by atoms with Crippen LogP contribution in [0.3, 0.4) is 0 Å². The maximum absolute atomic E-state index is 5.85. The van der Waals surface area contributed by atoms with Crippen LogP contribution >= 0.6 is 11.6 Å². The van der Waals surface area contributed by atoms with Gasteiger partial charge in [-0.05, 0) is 24.2 Å². The third-order valence-corrected chi connectivity index (χ3v) is 1.99. The Morgan fingerprint density at radius 3 is 2.92 bits per heavy atom. The molecule has 1 N–H and O–H groups in total. The molecule has 0 saturated heterocycles. The number of rotatable bonds is 3. The standard InChI is InChI=1S/C11H12ClN/c1-3-11(13-4-2)9-6-5-7-10(12)8-9/h1,5-8,11,13H,4H2,2H3. The molecule has 2 heteroatoms. The van der Waals surface area contributed by atoms with Crippen molar-refractivity contribution in [3.8, 4) is 12.3 Å². The van der Waals surface area contributed by atoms with Crippen LogP contribution in [-0.4, -0.2) is 6.54 Å². The van der Waals surface area contributed by atoms with Crippen molar-refractivity contribution < 1.29 is 0 Å². The number of benzene rings is 1. The fourth-order valence-corrected chi connectivity index (χ4v) is 1.36. The van der Waals surface area contributed by atoms with Gasteiger partial charge in [0, 0.05) is 5.02 Å². The predicted octanol–water partition coefficient (Wildman–Crippen LogP) is 2.62. The largest absolute Gasteiger partial charge is 0.300 e. The summed E-state index contributed by atoms with van der Waals surface area (Å²) in [6.45, 7) is 2.87. The van der Waals surface area contributed by atoms with Gasteiger partial charge in [-0.1, -0.05) is 36.6 Å². The predicted molar refractivity (Wildman–Crippen MR) is 56.7 cm³/mol. The van der Waals surface area contributed by atoms with Crippen LogP contribution in [0.2, 0.25) is 5.02 Å². The Bertz CT molecular complexity index is 314. The molecule has 0 amide bonds. The lowest BCUT2D eigenvalue weighted by molar-refractivity contribution is 0.665. The van der Waals surface area contributed by atoms with E-state index >= 15 is 0 Å². The van der Waals surface area contributed by atoms with Crippen molar-refractivity contribution in [1.82, 2.24) is 5.32 Å². The number of nitrogens with one attached hydrogen (secondary N) is 1. The van der Waals surface area contributed by atoms with Gasteiger partial charge in [-0.15, -0.1) is 6.42 Å². The van der Waals surface area contributed by atoms with Gasteiger partial charge in [-0.25, -0.2) is 0 Å². The zero-order valence-corrected chi connectivity index (χ0v) is 8.31. The van der Waals surface area contributed by atoms with E-state index in [0.717, 1.165) is 17.1 Å². The second-order valence-electron chi connectivity index (χ2n) is 2.71. The Kier molecular flexibility index (Phi) is 3.82. The zero-order valence-electron chi connectivity index (χ0n) is 7.55. The van der Waals surface area contributed by atoms with E-state index in [1.165, 1.54) is 0 Å². The number of hydrogen-bond acceptors (Lipinski definition) is 1. The van der Waals surface area contributed by atoms with Crippen LogP contribution < -0.4 is 5.32 Å². The molecule has 1 atom stereocenters. The Hall–Kier alpha value is -0.970. The molecule has 0 aliphatic heterocycles. The molecule has 1 unspecified atom stereocenters. The second-order valence-corrected chi connectivity index (χ2v) is 3.15. The van der Waals surface area contributed by atoms with Crippen molar-refractivity contribution in [1.29, 1.82) is 0 Å². The average molecular weight is 194 g/mol. The van der Waals surface area contributed by atoms with Gasteiger partial charge in [-0.3, -0.25) is 0 Å². The molecule has 0 bridgehead atoms. The molecular weight excluding hydrogens is 182 g/mol. The van der Waals surface area contributed by atoms with Gasteiger partial charge in [0.1, 0.15) is 0 Å². The Morgan fingerprint density at radius 2 is 2.38 bits per heavy atom. The molecule has 0 spiro atoms. The van der Waals surface area contributed by atoms with Crippen LogP contribution in [0.4, 0.5) is 0 Å². The lowest BCUT2D eigenvalue weighted by atomic mass is 10.1. The molecule has 13 heavy (non-hydrogen) atoms. The fraction of sp³-hybridized carbons (Fsp3) is 0.273. The van der Waals surface area contributed by atoms with E-state index in [0.29, 0.717) is 0 Å². The molecule has 68 valence electrons. The summed E-state index contributed by atoms with van der Waals surface area (Å²) in [5, 5.41) is 3.90. The lowest BCUT2D eigenvalue weighted by Gasteiger charge is -2.11. The van der Waals surface area contributed by atoms with E-state index in [1.807, 2.05) is 31.2 Å². The molecule has 0 aromatic heterocycles. The summed E-state index contributed by atoms with van der Waals surface area (Å²) >= 11 is 5.85. The van der Waals surface area contributed by atoms with Crippen molar-refractivity contribution in [2.45, 2.75) is 13.0 Å². The summed E-state index contributed by atoms with van der Waals surface area (Å²) in [6.07, 6.45) is 5.39. The Labute approximate surface area is 84.1 Å². The van der Waals surface area contributed by atoms with E-state index < -0.39 is 0 Å². The van der Waals surface area contributed by atoms with Crippen LogP contribution in [0.5, 0.6) is 0 Å². The lowest BCUT2D eigenvalue weighted by Crippen LogP contribution is -2.18. The molecule has 1 rings (SSSR count). The van der Waals surface area contributed by atoms with Crippen molar-refractivity contribution in [2.24, 2.45) is 0 Å². The van der Waals surface area contributed by atoms with Crippen molar-refractivity contribution in [2.75, 3.05) is 6.54 Å². The molecule has 1 aromatic rings. The summed E-state index contributed by atoms with van der Waals surface area (Å²) in [4.78, 5) is 0. The SMILES string of the molecule is C#CC(NCC)c1cccc(Cl)c1. The van der Waals surface area contributed by atoms with E-state index in [2.05, 4.69) is 11.2 Å². The summed E-state index contributed by atoms with van der Waals surface area (Å²) < 4.78 is 0. The molecule has 0 aliphatic carbocycles. The molecule has 0 saturated carbocycles.